The van der Waals surface area contributed by atoms with E-state index in [-0.39, 0.29) is 0 Å². The molecule has 1 aromatic carbocycles. The van der Waals surface area contributed by atoms with Crippen molar-refractivity contribution in [2.45, 2.75) is 27.7 Å². The number of benzene rings is 1. The summed E-state index contributed by atoms with van der Waals surface area (Å²) >= 11 is 5.33. The van der Waals surface area contributed by atoms with Crippen molar-refractivity contribution in [1.29, 1.82) is 0 Å². The topological polar surface area (TPSA) is 75.4 Å². The van der Waals surface area contributed by atoms with Gasteiger partial charge >= 0.3 is 0 Å². The first kappa shape index (κ1) is 15.8. The van der Waals surface area contributed by atoms with Gasteiger partial charge in [-0.3, -0.25) is 4.68 Å². The first-order valence-electron chi connectivity index (χ1n) is 8.06. The summed E-state index contributed by atoms with van der Waals surface area (Å²) in [4.78, 5) is 6.51. The third-order valence-corrected chi connectivity index (χ3v) is 4.93. The van der Waals surface area contributed by atoms with E-state index in [9.17, 15) is 0 Å². The number of hydrogen-bond donors (Lipinski definition) is 2. The fourth-order valence-electron chi connectivity index (χ4n) is 3.54. The van der Waals surface area contributed by atoms with Crippen molar-refractivity contribution >= 4 is 23.3 Å². The molecule has 6 nitrogen and oxygen atoms in total. The molecule has 0 aliphatic heterocycles. The highest BCUT2D eigenvalue weighted by Gasteiger charge is 2.19. The van der Waals surface area contributed by atoms with Crippen LogP contribution in [0.5, 0.6) is 0 Å². The van der Waals surface area contributed by atoms with Crippen LogP contribution in [0.2, 0.25) is 0 Å². The number of aromatic nitrogens is 5. The summed E-state index contributed by atoms with van der Waals surface area (Å²) in [6.07, 6.45) is 0. The van der Waals surface area contributed by atoms with Gasteiger partial charge in [-0.1, -0.05) is 5.16 Å². The van der Waals surface area contributed by atoms with Crippen molar-refractivity contribution in [2.75, 3.05) is 0 Å². The van der Waals surface area contributed by atoms with Crippen LogP contribution in [0, 0.1) is 32.5 Å². The van der Waals surface area contributed by atoms with E-state index in [4.69, 9.17) is 16.7 Å². The maximum absolute atomic E-state index is 5.36. The molecule has 0 bridgehead atoms. The summed E-state index contributed by atoms with van der Waals surface area (Å²) in [7, 11) is 1.96. The Morgan fingerprint density at radius 3 is 2.40 bits per heavy atom. The van der Waals surface area contributed by atoms with Gasteiger partial charge in [0.15, 0.2) is 4.77 Å². The number of H-pyrrole nitrogens is 2. The molecule has 128 valence electrons. The van der Waals surface area contributed by atoms with E-state index in [0.29, 0.717) is 4.77 Å². The lowest BCUT2D eigenvalue weighted by atomic mass is 9.95. The lowest BCUT2D eigenvalue weighted by Gasteiger charge is -2.08. The smallest absolute Gasteiger partial charge is 0.175 e. The zero-order chi connectivity index (χ0) is 17.9. The van der Waals surface area contributed by atoms with Gasteiger partial charge in [0.25, 0.3) is 0 Å². The van der Waals surface area contributed by atoms with Crippen LogP contribution in [0.3, 0.4) is 0 Å². The van der Waals surface area contributed by atoms with Gasteiger partial charge in [0.2, 0.25) is 0 Å². The van der Waals surface area contributed by atoms with Crippen molar-refractivity contribution in [3.8, 4) is 22.3 Å². The van der Waals surface area contributed by atoms with Crippen LogP contribution in [0.4, 0.5) is 0 Å². The van der Waals surface area contributed by atoms with Crippen LogP contribution in [0.25, 0.3) is 33.3 Å². The molecule has 0 amide bonds. The number of imidazole rings is 1. The number of nitrogens with zero attached hydrogens (tertiary/aromatic N) is 3. The fraction of sp³-hybridized carbons (Fsp3) is 0.278. The summed E-state index contributed by atoms with van der Waals surface area (Å²) < 4.78 is 7.87. The van der Waals surface area contributed by atoms with E-state index in [1.165, 1.54) is 0 Å². The van der Waals surface area contributed by atoms with Crippen molar-refractivity contribution in [3.05, 3.63) is 39.7 Å². The number of rotatable bonds is 2. The molecule has 3 heterocycles. The zero-order valence-corrected chi connectivity index (χ0v) is 15.6. The molecule has 0 unspecified atom stereocenters. The summed E-state index contributed by atoms with van der Waals surface area (Å²) in [6.45, 7) is 7.98. The maximum Gasteiger partial charge on any atom is 0.175 e. The molecule has 2 N–H and O–H groups in total. The first-order chi connectivity index (χ1) is 11.9. The zero-order valence-electron chi connectivity index (χ0n) is 14.8. The molecule has 0 aliphatic carbocycles. The Balaban J connectivity index is 2.11. The summed E-state index contributed by atoms with van der Waals surface area (Å²) in [5.74, 6) is 0.802. The highest BCUT2D eigenvalue weighted by atomic mass is 32.1. The summed E-state index contributed by atoms with van der Waals surface area (Å²) in [5, 5.41) is 8.65. The van der Waals surface area contributed by atoms with Gasteiger partial charge in [0, 0.05) is 29.4 Å². The van der Waals surface area contributed by atoms with Gasteiger partial charge < -0.3 is 14.5 Å². The van der Waals surface area contributed by atoms with Crippen LogP contribution in [-0.4, -0.2) is 24.9 Å². The van der Waals surface area contributed by atoms with E-state index in [0.717, 1.165) is 56.1 Å². The SMILES string of the molecule is Cc1noc(C)c1-c1cc(-c2c(C)nn(C)c2C)c2[nH]c(=S)[nH]c2c1. The van der Waals surface area contributed by atoms with Gasteiger partial charge in [-0.15, -0.1) is 0 Å². The average molecular weight is 353 g/mol. The van der Waals surface area contributed by atoms with E-state index in [2.05, 4.69) is 39.3 Å². The standard InChI is InChI=1S/C18H19N5OS/c1-8-15(10(3)23(5)21-8)13-6-12(16-9(2)22-24-11(16)4)7-14-17(13)20-18(25)19-14/h6-7H,1-5H3,(H2,19,20,25). The molecular weight excluding hydrogens is 334 g/mol. The minimum absolute atomic E-state index is 0.603. The molecule has 0 fully saturated rings. The van der Waals surface area contributed by atoms with Crippen molar-refractivity contribution in [2.24, 2.45) is 7.05 Å². The second-order valence-corrected chi connectivity index (χ2v) is 6.80. The third-order valence-electron chi connectivity index (χ3n) is 4.73. The number of fused-ring (bicyclic) bond motifs is 1. The monoisotopic (exact) mass is 353 g/mol. The predicted octanol–water partition coefficient (Wildman–Crippen LogP) is 4.51. The predicted molar refractivity (Wildman–Crippen MR) is 100 cm³/mol. The van der Waals surface area contributed by atoms with Crippen LogP contribution in [-0.2, 0) is 7.05 Å². The highest BCUT2D eigenvalue weighted by Crippen LogP contribution is 2.37. The molecule has 0 saturated heterocycles. The maximum atomic E-state index is 5.36. The van der Waals surface area contributed by atoms with Crippen LogP contribution >= 0.6 is 12.2 Å². The molecule has 0 atom stereocenters. The Bertz CT molecular complexity index is 1150. The quantitative estimate of drug-likeness (QED) is 0.520. The van der Waals surface area contributed by atoms with Gasteiger partial charge in [-0.2, -0.15) is 5.10 Å². The normalized spacial score (nSPS) is 11.6. The Hall–Kier alpha value is -2.67. The number of hydrogen-bond acceptors (Lipinski definition) is 4. The number of aromatic amines is 2. The first-order valence-corrected chi connectivity index (χ1v) is 8.47. The van der Waals surface area contributed by atoms with Crippen LogP contribution in [0.1, 0.15) is 22.8 Å². The molecule has 7 heteroatoms. The molecular formula is C18H19N5OS. The molecule has 0 saturated carbocycles. The Morgan fingerprint density at radius 2 is 1.80 bits per heavy atom. The van der Waals surface area contributed by atoms with Crippen molar-refractivity contribution < 1.29 is 4.52 Å². The van der Waals surface area contributed by atoms with Crippen molar-refractivity contribution in [1.82, 2.24) is 24.9 Å². The number of aryl methyl sites for hydroxylation is 4. The van der Waals surface area contributed by atoms with Crippen LogP contribution < -0.4 is 0 Å². The van der Waals surface area contributed by atoms with E-state index in [1.807, 2.05) is 32.5 Å². The molecule has 4 aromatic rings. The van der Waals surface area contributed by atoms with Gasteiger partial charge in [-0.25, -0.2) is 0 Å². The highest BCUT2D eigenvalue weighted by molar-refractivity contribution is 7.71. The second-order valence-electron chi connectivity index (χ2n) is 6.39. The second kappa shape index (κ2) is 5.42. The van der Waals surface area contributed by atoms with E-state index >= 15 is 0 Å². The Labute approximate surface area is 149 Å². The molecule has 0 radical (unpaired) electrons. The van der Waals surface area contributed by atoms with Crippen molar-refractivity contribution in [3.63, 3.8) is 0 Å². The van der Waals surface area contributed by atoms with Gasteiger partial charge in [-0.05, 0) is 57.6 Å². The molecule has 0 aliphatic rings. The average Bonchev–Trinajstić information content (AvgIpc) is 3.15. The fourth-order valence-corrected chi connectivity index (χ4v) is 3.75. The molecule has 4 rings (SSSR count). The summed E-state index contributed by atoms with van der Waals surface area (Å²) in [6, 6.07) is 4.24. The number of nitrogens with one attached hydrogen (secondary N) is 2. The Morgan fingerprint density at radius 1 is 1.04 bits per heavy atom. The molecule has 25 heavy (non-hydrogen) atoms. The van der Waals surface area contributed by atoms with E-state index < -0.39 is 0 Å². The minimum atomic E-state index is 0.603. The lowest BCUT2D eigenvalue weighted by Crippen LogP contribution is -1.93. The Kier molecular flexibility index (Phi) is 3.43. The minimum Gasteiger partial charge on any atom is -0.361 e. The lowest BCUT2D eigenvalue weighted by molar-refractivity contribution is 0.393. The molecule has 0 spiro atoms. The third kappa shape index (κ3) is 2.34. The van der Waals surface area contributed by atoms with Gasteiger partial charge in [0.05, 0.1) is 22.4 Å². The largest absolute Gasteiger partial charge is 0.361 e. The molecule has 3 aromatic heterocycles. The van der Waals surface area contributed by atoms with E-state index in [1.54, 1.807) is 0 Å². The summed E-state index contributed by atoms with van der Waals surface area (Å²) in [5.41, 5.74) is 9.16. The van der Waals surface area contributed by atoms with Gasteiger partial charge in [0.1, 0.15) is 5.76 Å². The van der Waals surface area contributed by atoms with Crippen LogP contribution in [0.15, 0.2) is 16.7 Å².